The van der Waals surface area contributed by atoms with Crippen LogP contribution in [0.4, 0.5) is 0 Å². The molecule has 5 unspecified atom stereocenters. The Hall–Kier alpha value is -0.0400. The highest BCUT2D eigenvalue weighted by Crippen LogP contribution is 2.43. The minimum Gasteiger partial charge on any atom is -0.317 e. The van der Waals surface area contributed by atoms with Gasteiger partial charge < -0.3 is 5.32 Å². The summed E-state index contributed by atoms with van der Waals surface area (Å²) >= 11 is 0. The van der Waals surface area contributed by atoms with E-state index in [4.69, 9.17) is 0 Å². The van der Waals surface area contributed by atoms with E-state index in [-0.39, 0.29) is 0 Å². The van der Waals surface area contributed by atoms with Crippen LogP contribution in [0.1, 0.15) is 86.0 Å². The van der Waals surface area contributed by atoms with Crippen LogP contribution < -0.4 is 5.32 Å². The number of unbranched alkanes of at least 4 members (excludes halogenated alkanes) is 1. The van der Waals surface area contributed by atoms with E-state index in [9.17, 15) is 0 Å². The van der Waals surface area contributed by atoms with Crippen LogP contribution in [0, 0.1) is 29.6 Å². The lowest BCUT2D eigenvalue weighted by molar-refractivity contribution is 0.0524. The summed E-state index contributed by atoms with van der Waals surface area (Å²) in [5, 5.41) is 3.53. The standard InChI is InChI=1S/C20H41N/c1-7-18-14-19(21-6)20(18)17(5)11-9-8-10-16(4)13-12-15(2)3/h15-21H,7-14H2,1-6H3. The van der Waals surface area contributed by atoms with E-state index < -0.39 is 0 Å². The van der Waals surface area contributed by atoms with Crippen molar-refractivity contribution in [3.05, 3.63) is 0 Å². The van der Waals surface area contributed by atoms with Crippen molar-refractivity contribution in [2.45, 2.75) is 92.0 Å². The molecule has 0 aromatic heterocycles. The molecule has 1 aliphatic rings. The van der Waals surface area contributed by atoms with Crippen molar-refractivity contribution >= 4 is 0 Å². The van der Waals surface area contributed by atoms with Crippen molar-refractivity contribution in [1.82, 2.24) is 5.32 Å². The van der Waals surface area contributed by atoms with Gasteiger partial charge in [-0.15, -0.1) is 0 Å². The molecule has 1 fully saturated rings. The normalized spacial score (nSPS) is 28.4. The lowest BCUT2D eigenvalue weighted by Crippen LogP contribution is -2.51. The average Bonchev–Trinajstić information content (AvgIpc) is 2.41. The third-order valence-electron chi connectivity index (χ3n) is 5.96. The molecule has 21 heavy (non-hydrogen) atoms. The van der Waals surface area contributed by atoms with Crippen molar-refractivity contribution in [3.63, 3.8) is 0 Å². The Kier molecular flexibility index (Phi) is 8.94. The van der Waals surface area contributed by atoms with E-state index in [2.05, 4.69) is 47.0 Å². The Morgan fingerprint density at radius 2 is 1.62 bits per heavy atom. The van der Waals surface area contributed by atoms with Gasteiger partial charge in [-0.25, -0.2) is 0 Å². The molecule has 5 atom stereocenters. The molecular formula is C20H41N. The molecule has 0 aromatic rings. The summed E-state index contributed by atoms with van der Waals surface area (Å²) < 4.78 is 0. The maximum atomic E-state index is 3.53. The molecule has 0 heterocycles. The molecule has 0 aromatic carbocycles. The molecule has 0 spiro atoms. The Bertz CT molecular complexity index is 251. The highest BCUT2D eigenvalue weighted by Gasteiger charge is 2.41. The summed E-state index contributed by atoms with van der Waals surface area (Å²) in [7, 11) is 2.15. The van der Waals surface area contributed by atoms with Crippen molar-refractivity contribution in [2.24, 2.45) is 29.6 Å². The van der Waals surface area contributed by atoms with Crippen LogP contribution in [-0.4, -0.2) is 13.1 Å². The second kappa shape index (κ2) is 9.87. The molecule has 0 aliphatic heterocycles. The third kappa shape index (κ3) is 6.30. The molecule has 0 radical (unpaired) electrons. The minimum atomic E-state index is 0.801. The van der Waals surface area contributed by atoms with Crippen LogP contribution >= 0.6 is 0 Å². The Balaban J connectivity index is 2.14. The molecule has 0 saturated heterocycles. The molecule has 1 rings (SSSR count). The number of nitrogens with one attached hydrogen (secondary N) is 1. The monoisotopic (exact) mass is 295 g/mol. The SMILES string of the molecule is CCC1CC(NC)C1C(C)CCCCC(C)CCC(C)C. The Labute approximate surface area is 134 Å². The summed E-state index contributed by atoms with van der Waals surface area (Å²) in [5.74, 6) is 4.64. The quantitative estimate of drug-likeness (QED) is 0.469. The van der Waals surface area contributed by atoms with Crippen LogP contribution in [0.2, 0.25) is 0 Å². The summed E-state index contributed by atoms with van der Waals surface area (Å²) in [5.41, 5.74) is 0. The fourth-order valence-electron chi connectivity index (χ4n) is 4.30. The number of hydrogen-bond acceptors (Lipinski definition) is 1. The second-order valence-electron chi connectivity index (χ2n) is 8.21. The van der Waals surface area contributed by atoms with Gasteiger partial charge in [-0.1, -0.05) is 79.6 Å². The van der Waals surface area contributed by atoms with E-state index in [0.29, 0.717) is 0 Å². The molecule has 1 saturated carbocycles. The van der Waals surface area contributed by atoms with Gasteiger partial charge >= 0.3 is 0 Å². The summed E-state index contributed by atoms with van der Waals surface area (Å²) in [6.07, 6.45) is 11.4. The van der Waals surface area contributed by atoms with Crippen LogP contribution in [0.3, 0.4) is 0 Å². The first-order valence-corrected chi connectivity index (χ1v) is 9.66. The van der Waals surface area contributed by atoms with Gasteiger partial charge in [0.2, 0.25) is 0 Å². The van der Waals surface area contributed by atoms with Crippen molar-refractivity contribution in [2.75, 3.05) is 7.05 Å². The van der Waals surface area contributed by atoms with Gasteiger partial charge in [0, 0.05) is 6.04 Å². The second-order valence-corrected chi connectivity index (χ2v) is 8.21. The van der Waals surface area contributed by atoms with Gasteiger partial charge in [-0.2, -0.15) is 0 Å². The zero-order chi connectivity index (χ0) is 15.8. The predicted molar refractivity (Wildman–Crippen MR) is 95.6 cm³/mol. The van der Waals surface area contributed by atoms with Gasteiger partial charge in [-0.05, 0) is 43.1 Å². The largest absolute Gasteiger partial charge is 0.317 e. The number of hydrogen-bond donors (Lipinski definition) is 1. The van der Waals surface area contributed by atoms with Crippen LogP contribution in [-0.2, 0) is 0 Å². The summed E-state index contributed by atoms with van der Waals surface area (Å²) in [6.45, 7) is 12.0. The molecule has 1 N–H and O–H groups in total. The van der Waals surface area contributed by atoms with E-state index in [1.165, 1.54) is 51.4 Å². The smallest absolute Gasteiger partial charge is 0.0100 e. The Morgan fingerprint density at radius 1 is 0.952 bits per heavy atom. The fraction of sp³-hybridized carbons (Fsp3) is 1.00. The highest BCUT2D eigenvalue weighted by atomic mass is 14.9. The topological polar surface area (TPSA) is 12.0 Å². The lowest BCUT2D eigenvalue weighted by atomic mass is 9.62. The van der Waals surface area contributed by atoms with E-state index in [1.54, 1.807) is 0 Å². The third-order valence-corrected chi connectivity index (χ3v) is 5.96. The lowest BCUT2D eigenvalue weighted by Gasteiger charge is -2.48. The molecular weight excluding hydrogens is 254 g/mol. The zero-order valence-electron chi connectivity index (χ0n) is 15.6. The molecule has 1 heteroatoms. The first-order valence-electron chi connectivity index (χ1n) is 9.66. The Morgan fingerprint density at radius 3 is 2.19 bits per heavy atom. The first-order chi connectivity index (χ1) is 9.99. The van der Waals surface area contributed by atoms with Crippen molar-refractivity contribution in [1.29, 1.82) is 0 Å². The van der Waals surface area contributed by atoms with Gasteiger partial charge in [0.15, 0.2) is 0 Å². The highest BCUT2D eigenvalue weighted by molar-refractivity contribution is 4.95. The molecule has 1 nitrogen and oxygen atoms in total. The summed E-state index contributed by atoms with van der Waals surface area (Å²) in [6, 6.07) is 0.801. The maximum Gasteiger partial charge on any atom is 0.0100 e. The van der Waals surface area contributed by atoms with E-state index in [1.807, 2.05) is 0 Å². The minimum absolute atomic E-state index is 0.801. The predicted octanol–water partition coefficient (Wildman–Crippen LogP) is 5.89. The van der Waals surface area contributed by atoms with Gasteiger partial charge in [0.25, 0.3) is 0 Å². The van der Waals surface area contributed by atoms with Gasteiger partial charge in [-0.3, -0.25) is 0 Å². The van der Waals surface area contributed by atoms with Crippen LogP contribution in [0.5, 0.6) is 0 Å². The maximum absolute atomic E-state index is 3.53. The van der Waals surface area contributed by atoms with Crippen LogP contribution in [0.25, 0.3) is 0 Å². The van der Waals surface area contributed by atoms with Gasteiger partial charge in [0.1, 0.15) is 0 Å². The number of rotatable bonds is 11. The van der Waals surface area contributed by atoms with Crippen molar-refractivity contribution in [3.8, 4) is 0 Å². The van der Waals surface area contributed by atoms with E-state index in [0.717, 1.165) is 35.6 Å². The summed E-state index contributed by atoms with van der Waals surface area (Å²) in [4.78, 5) is 0. The van der Waals surface area contributed by atoms with Crippen molar-refractivity contribution < 1.29 is 0 Å². The molecule has 0 amide bonds. The molecule has 126 valence electrons. The first kappa shape index (κ1) is 19.0. The van der Waals surface area contributed by atoms with Crippen LogP contribution in [0.15, 0.2) is 0 Å². The molecule has 0 bridgehead atoms. The zero-order valence-corrected chi connectivity index (χ0v) is 15.6. The van der Waals surface area contributed by atoms with Gasteiger partial charge in [0.05, 0.1) is 0 Å². The fourth-order valence-corrected chi connectivity index (χ4v) is 4.30. The van der Waals surface area contributed by atoms with E-state index >= 15 is 0 Å². The molecule has 1 aliphatic carbocycles. The average molecular weight is 296 g/mol.